The fourth-order valence-electron chi connectivity index (χ4n) is 0.741. The Kier molecular flexibility index (Phi) is 4.14. The van der Waals surface area contributed by atoms with E-state index in [4.69, 9.17) is 10.4 Å². The molecular formula is C6H9BBrNOS. The molecule has 0 bridgehead atoms. The molecule has 0 aliphatic rings. The molecule has 2 nitrogen and oxygen atoms in total. The maximum absolute atomic E-state index is 5.17. The zero-order chi connectivity index (χ0) is 8.10. The van der Waals surface area contributed by atoms with Crippen LogP contribution in [0.25, 0.3) is 0 Å². The molecule has 11 heavy (non-hydrogen) atoms. The minimum absolute atomic E-state index is 0.312. The first-order valence-corrected chi connectivity index (χ1v) is 5.01. The van der Waals surface area contributed by atoms with Crippen LogP contribution in [-0.4, -0.2) is 14.2 Å². The van der Waals surface area contributed by atoms with Gasteiger partial charge in [-0.25, -0.2) is 0 Å². The van der Waals surface area contributed by atoms with Gasteiger partial charge in [-0.2, -0.15) is 0 Å². The first kappa shape index (κ1) is 9.25. The fourth-order valence-corrected chi connectivity index (χ4v) is 2.18. The lowest BCUT2D eigenvalue weighted by atomic mass is 9.95. The second-order valence-electron chi connectivity index (χ2n) is 2.06. The van der Waals surface area contributed by atoms with Crippen molar-refractivity contribution in [2.75, 3.05) is 6.73 Å². The van der Waals surface area contributed by atoms with Crippen molar-refractivity contribution in [1.29, 1.82) is 0 Å². The fraction of sp³-hybridized carbons (Fsp3) is 0.333. The summed E-state index contributed by atoms with van der Waals surface area (Å²) in [5.41, 5.74) is 5.17. The highest BCUT2D eigenvalue weighted by Crippen LogP contribution is 2.19. The Hall–Kier alpha value is 0.165. The van der Waals surface area contributed by atoms with Crippen LogP contribution in [0.4, 0.5) is 0 Å². The number of thiophene rings is 1. The summed E-state index contributed by atoms with van der Waals surface area (Å²) in [7, 11) is 0.712. The van der Waals surface area contributed by atoms with Crippen LogP contribution in [0, 0.1) is 0 Å². The third-order valence-corrected chi connectivity index (χ3v) is 2.99. The molecule has 0 radical (unpaired) electrons. The van der Waals surface area contributed by atoms with Crippen LogP contribution in [0.15, 0.2) is 15.9 Å². The molecule has 0 amide bonds. The lowest BCUT2D eigenvalue weighted by molar-refractivity contribution is 0.348. The van der Waals surface area contributed by atoms with Gasteiger partial charge in [-0.3, -0.25) is 0 Å². The van der Waals surface area contributed by atoms with Crippen molar-refractivity contribution in [3.05, 3.63) is 20.8 Å². The summed E-state index contributed by atoms with van der Waals surface area (Å²) >= 11 is 5.12. The average molecular weight is 234 g/mol. The first-order valence-electron chi connectivity index (χ1n) is 3.33. The molecule has 0 unspecified atom stereocenters. The molecule has 1 aromatic rings. The van der Waals surface area contributed by atoms with E-state index >= 15 is 0 Å². The van der Waals surface area contributed by atoms with E-state index in [1.807, 2.05) is 0 Å². The second kappa shape index (κ2) is 4.93. The monoisotopic (exact) mass is 233 g/mol. The van der Waals surface area contributed by atoms with Crippen molar-refractivity contribution in [3.63, 3.8) is 0 Å². The van der Waals surface area contributed by atoms with E-state index in [0.29, 0.717) is 14.2 Å². The van der Waals surface area contributed by atoms with Crippen molar-refractivity contribution in [2.45, 2.75) is 6.32 Å². The molecule has 1 heterocycles. The Morgan fingerprint density at radius 2 is 2.55 bits per heavy atom. The van der Waals surface area contributed by atoms with Gasteiger partial charge in [0.15, 0.2) is 0 Å². The quantitative estimate of drug-likeness (QED) is 0.484. The molecular weight excluding hydrogens is 225 g/mol. The predicted octanol–water partition coefficient (Wildman–Crippen LogP) is 1.29. The molecule has 0 atom stereocenters. The molecule has 0 aliphatic heterocycles. The highest BCUT2D eigenvalue weighted by atomic mass is 79.9. The first-order chi connectivity index (χ1) is 5.33. The van der Waals surface area contributed by atoms with Gasteiger partial charge in [-0.05, 0) is 28.3 Å². The minimum Gasteiger partial charge on any atom is -0.427 e. The standard InChI is InChI=1S/C6H9BBrNOS/c8-5-1-6(11-3-5)2-7-10-4-9/h1,3,7H,2,4,9H2. The normalized spacial score (nSPS) is 10.0. The number of hydrogen-bond acceptors (Lipinski definition) is 3. The van der Waals surface area contributed by atoms with Gasteiger partial charge in [0.1, 0.15) is 0 Å². The van der Waals surface area contributed by atoms with Gasteiger partial charge in [-0.15, -0.1) is 11.3 Å². The van der Waals surface area contributed by atoms with Gasteiger partial charge in [-0.1, -0.05) is 0 Å². The smallest absolute Gasteiger partial charge is 0.281 e. The molecule has 0 aliphatic carbocycles. The van der Waals surface area contributed by atoms with Crippen LogP contribution in [0.2, 0.25) is 0 Å². The van der Waals surface area contributed by atoms with E-state index in [1.54, 1.807) is 11.3 Å². The highest BCUT2D eigenvalue weighted by molar-refractivity contribution is 9.10. The maximum atomic E-state index is 5.17. The van der Waals surface area contributed by atoms with E-state index in [0.717, 1.165) is 10.8 Å². The van der Waals surface area contributed by atoms with Gasteiger partial charge in [0.25, 0.3) is 7.48 Å². The van der Waals surface area contributed by atoms with Crippen LogP contribution < -0.4 is 5.73 Å². The summed E-state index contributed by atoms with van der Waals surface area (Å²) in [6.07, 6.45) is 0.952. The largest absolute Gasteiger partial charge is 0.427 e. The Bertz CT molecular complexity index is 218. The van der Waals surface area contributed by atoms with Crippen molar-refractivity contribution in [3.8, 4) is 0 Å². The molecule has 0 saturated heterocycles. The van der Waals surface area contributed by atoms with Gasteiger partial charge in [0.05, 0.1) is 6.73 Å². The molecule has 60 valence electrons. The summed E-state index contributed by atoms with van der Waals surface area (Å²) in [5.74, 6) is 0. The summed E-state index contributed by atoms with van der Waals surface area (Å²) in [4.78, 5) is 1.32. The van der Waals surface area contributed by atoms with Gasteiger partial charge in [0.2, 0.25) is 0 Å². The van der Waals surface area contributed by atoms with Crippen molar-refractivity contribution in [2.24, 2.45) is 5.73 Å². The van der Waals surface area contributed by atoms with Crippen LogP contribution >= 0.6 is 27.3 Å². The minimum atomic E-state index is 0.312. The number of rotatable bonds is 4. The molecule has 1 aromatic heterocycles. The molecule has 0 spiro atoms. The molecule has 2 N–H and O–H groups in total. The average Bonchev–Trinajstić information content (AvgIpc) is 2.37. The summed E-state index contributed by atoms with van der Waals surface area (Å²) in [6, 6.07) is 2.10. The molecule has 0 aromatic carbocycles. The van der Waals surface area contributed by atoms with Crippen LogP contribution in [0.1, 0.15) is 4.88 Å². The second-order valence-corrected chi connectivity index (χ2v) is 3.97. The van der Waals surface area contributed by atoms with Crippen molar-refractivity contribution >= 4 is 34.7 Å². The molecule has 0 fully saturated rings. The third kappa shape index (κ3) is 3.38. The zero-order valence-corrected chi connectivity index (χ0v) is 8.45. The van der Waals surface area contributed by atoms with E-state index in [1.165, 1.54) is 4.88 Å². The number of nitrogens with two attached hydrogens (primary N) is 1. The van der Waals surface area contributed by atoms with Crippen molar-refractivity contribution < 1.29 is 4.65 Å². The van der Waals surface area contributed by atoms with E-state index < -0.39 is 0 Å². The zero-order valence-electron chi connectivity index (χ0n) is 6.05. The van der Waals surface area contributed by atoms with E-state index in [-0.39, 0.29) is 0 Å². The van der Waals surface area contributed by atoms with Gasteiger partial charge in [0, 0.05) is 14.7 Å². The lowest BCUT2D eigenvalue weighted by Crippen LogP contribution is -2.09. The Labute approximate surface area is 79.1 Å². The van der Waals surface area contributed by atoms with Crippen LogP contribution in [0.5, 0.6) is 0 Å². The summed E-state index contributed by atoms with van der Waals surface area (Å²) < 4.78 is 6.16. The number of halogens is 1. The van der Waals surface area contributed by atoms with Crippen LogP contribution in [-0.2, 0) is 11.0 Å². The third-order valence-electron chi connectivity index (χ3n) is 1.23. The van der Waals surface area contributed by atoms with Gasteiger partial charge >= 0.3 is 0 Å². The SMILES string of the molecule is NCOBCc1cc(Br)cs1. The maximum Gasteiger partial charge on any atom is 0.281 e. The molecule has 0 saturated carbocycles. The summed E-state index contributed by atoms with van der Waals surface area (Å²) in [5, 5.41) is 2.07. The van der Waals surface area contributed by atoms with E-state index in [2.05, 4.69) is 27.4 Å². The lowest BCUT2D eigenvalue weighted by Gasteiger charge is -1.94. The Balaban J connectivity index is 2.27. The number of hydrogen-bond donors (Lipinski definition) is 1. The molecule has 1 rings (SSSR count). The topological polar surface area (TPSA) is 35.2 Å². The van der Waals surface area contributed by atoms with Crippen LogP contribution in [0.3, 0.4) is 0 Å². The molecule has 5 heteroatoms. The van der Waals surface area contributed by atoms with E-state index in [9.17, 15) is 0 Å². The Morgan fingerprint density at radius 3 is 3.09 bits per heavy atom. The van der Waals surface area contributed by atoms with Gasteiger partial charge < -0.3 is 10.4 Å². The summed E-state index contributed by atoms with van der Waals surface area (Å²) in [6.45, 7) is 0.312. The Morgan fingerprint density at radius 1 is 1.73 bits per heavy atom. The predicted molar refractivity (Wildman–Crippen MR) is 53.0 cm³/mol. The highest BCUT2D eigenvalue weighted by Gasteiger charge is 1.98. The van der Waals surface area contributed by atoms with Crippen molar-refractivity contribution in [1.82, 2.24) is 0 Å².